The summed E-state index contributed by atoms with van der Waals surface area (Å²) in [6.07, 6.45) is 14.3. The molecule has 3 rings (SSSR count). The van der Waals surface area contributed by atoms with Gasteiger partial charge in [-0.05, 0) is 57.3 Å². The molecule has 0 radical (unpaired) electrons. The molecule has 1 aromatic carbocycles. The van der Waals surface area contributed by atoms with E-state index >= 15 is 0 Å². The van der Waals surface area contributed by atoms with Crippen LogP contribution in [0, 0.1) is 18.8 Å². The lowest BCUT2D eigenvalue weighted by Crippen LogP contribution is -2.17. The van der Waals surface area contributed by atoms with E-state index in [1.165, 1.54) is 0 Å². The number of rotatable bonds is 8. The molecule has 0 amide bonds. The van der Waals surface area contributed by atoms with Gasteiger partial charge in [-0.25, -0.2) is 0 Å². The third-order valence-corrected chi connectivity index (χ3v) is 7.00. The Labute approximate surface area is 162 Å². The molecule has 0 saturated carbocycles. The molecule has 2 aliphatic rings. The van der Waals surface area contributed by atoms with Crippen LogP contribution in [-0.4, -0.2) is 18.7 Å². The summed E-state index contributed by atoms with van der Waals surface area (Å²) in [5.41, 5.74) is 0.905. The lowest BCUT2D eigenvalue weighted by atomic mass is 9.96. The molecule has 0 bridgehead atoms. The number of hydrogen-bond donors (Lipinski definition) is 0. The second-order valence-corrected chi connectivity index (χ2v) is 9.48. The molecule has 0 aliphatic heterocycles. The predicted octanol–water partition coefficient (Wildman–Crippen LogP) is 6.07. The Kier molecular flexibility index (Phi) is 7.23. The monoisotopic (exact) mass is 388 g/mol. The molecular weight excluding hydrogens is 359 g/mol. The van der Waals surface area contributed by atoms with Crippen LogP contribution in [0.4, 0.5) is 0 Å². The maximum Gasteiger partial charge on any atom is 0.401 e. The van der Waals surface area contributed by atoms with Crippen molar-refractivity contribution in [2.75, 3.05) is 13.2 Å². The van der Waals surface area contributed by atoms with Crippen molar-refractivity contribution in [3.05, 3.63) is 59.7 Å². The van der Waals surface area contributed by atoms with E-state index in [1.807, 2.05) is 19.1 Å². The molecule has 0 fully saturated rings. The molecule has 0 spiro atoms. The Hall–Kier alpha value is -1.48. The molecule has 0 N–H and O–H groups in total. The van der Waals surface area contributed by atoms with E-state index in [0.717, 1.165) is 44.1 Å². The van der Waals surface area contributed by atoms with Crippen LogP contribution in [0.2, 0.25) is 0 Å². The number of carbonyl (C=O) groups is 1. The first-order valence-corrected chi connectivity index (χ1v) is 11.4. The van der Waals surface area contributed by atoms with E-state index < -0.39 is 13.1 Å². The maximum absolute atomic E-state index is 13.5. The smallest absolute Gasteiger partial charge is 0.303 e. The van der Waals surface area contributed by atoms with Crippen molar-refractivity contribution in [3.63, 3.8) is 0 Å². The van der Waals surface area contributed by atoms with Crippen molar-refractivity contribution >= 4 is 13.1 Å². The molecule has 2 atom stereocenters. The van der Waals surface area contributed by atoms with Crippen molar-refractivity contribution in [2.45, 2.75) is 45.4 Å². The fourth-order valence-corrected chi connectivity index (χ4v) is 5.02. The van der Waals surface area contributed by atoms with Gasteiger partial charge in [-0.15, -0.1) is 0 Å². The number of allylic oxidation sites excluding steroid dienone is 4. The molecule has 2 aliphatic carbocycles. The third-order valence-electron chi connectivity index (χ3n) is 5.26. The van der Waals surface area contributed by atoms with Gasteiger partial charge >= 0.3 is 7.60 Å². The summed E-state index contributed by atoms with van der Waals surface area (Å²) in [5, 5.41) is 0. The number of aryl methyl sites for hydroxylation is 1. The molecule has 5 heteroatoms. The van der Waals surface area contributed by atoms with Gasteiger partial charge in [-0.1, -0.05) is 54.1 Å². The Morgan fingerprint density at radius 1 is 0.926 bits per heavy atom. The van der Waals surface area contributed by atoms with Crippen LogP contribution >= 0.6 is 7.60 Å². The van der Waals surface area contributed by atoms with Gasteiger partial charge in [0, 0.05) is 5.56 Å². The summed E-state index contributed by atoms with van der Waals surface area (Å²) in [5.74, 6) is 0.575. The molecule has 27 heavy (non-hydrogen) atoms. The summed E-state index contributed by atoms with van der Waals surface area (Å²) < 4.78 is 24.9. The largest absolute Gasteiger partial charge is 0.401 e. The maximum atomic E-state index is 13.5. The zero-order chi connectivity index (χ0) is 19.1. The highest BCUT2D eigenvalue weighted by Crippen LogP contribution is 2.52. The van der Waals surface area contributed by atoms with Crippen LogP contribution in [0.15, 0.2) is 48.6 Å². The van der Waals surface area contributed by atoms with Crippen LogP contribution in [0.5, 0.6) is 0 Å². The fourth-order valence-electron chi connectivity index (χ4n) is 3.43. The number of hydrogen-bond acceptors (Lipinski definition) is 4. The minimum atomic E-state index is -3.87. The second kappa shape index (κ2) is 9.64. The van der Waals surface area contributed by atoms with Crippen LogP contribution < -0.4 is 0 Å². The summed E-state index contributed by atoms with van der Waals surface area (Å²) in [7, 11) is -3.87. The zero-order valence-corrected chi connectivity index (χ0v) is 16.9. The predicted molar refractivity (Wildman–Crippen MR) is 108 cm³/mol. The standard InChI is InChI=1S/C22H29O4P/c1-18-12-14-21(15-13-18)22(23)27(24,25-16-19-8-4-2-5-9-19)26-17-20-10-6-3-7-11-20/h2-4,6,12-15,19-20H,5,7-11,16-17H2,1H3. The average Bonchev–Trinajstić information content (AvgIpc) is 2.72. The van der Waals surface area contributed by atoms with E-state index in [0.29, 0.717) is 18.8 Å². The second-order valence-electron chi connectivity index (χ2n) is 7.56. The van der Waals surface area contributed by atoms with Gasteiger partial charge in [0.1, 0.15) is 0 Å². The molecule has 1 aromatic rings. The summed E-state index contributed by atoms with van der Waals surface area (Å²) in [4.78, 5) is 13.0. The first-order chi connectivity index (χ1) is 13.1. The SMILES string of the molecule is Cc1ccc(C(=O)P(=O)(OCC2CC=CCC2)OCC2CC=CCC2)cc1. The Morgan fingerprint density at radius 2 is 1.44 bits per heavy atom. The lowest BCUT2D eigenvalue weighted by molar-refractivity contribution is 0.0956. The summed E-state index contributed by atoms with van der Waals surface area (Å²) in [6.45, 7) is 2.54. The lowest BCUT2D eigenvalue weighted by Gasteiger charge is -2.24. The summed E-state index contributed by atoms with van der Waals surface area (Å²) >= 11 is 0. The van der Waals surface area contributed by atoms with Gasteiger partial charge in [0.2, 0.25) is 0 Å². The van der Waals surface area contributed by atoms with Gasteiger partial charge in [-0.3, -0.25) is 9.36 Å². The zero-order valence-electron chi connectivity index (χ0n) is 16.0. The highest BCUT2D eigenvalue weighted by Gasteiger charge is 2.37. The van der Waals surface area contributed by atoms with E-state index in [2.05, 4.69) is 24.3 Å². The Balaban J connectivity index is 1.70. The fraction of sp³-hybridized carbons (Fsp3) is 0.500. The third kappa shape index (κ3) is 5.75. The Morgan fingerprint density at radius 3 is 1.89 bits per heavy atom. The van der Waals surface area contributed by atoms with Crippen LogP contribution in [-0.2, 0) is 13.6 Å². The molecule has 146 valence electrons. The van der Waals surface area contributed by atoms with Gasteiger partial charge < -0.3 is 9.05 Å². The Bertz CT molecular complexity index is 703. The van der Waals surface area contributed by atoms with E-state index in [4.69, 9.17) is 9.05 Å². The average molecular weight is 388 g/mol. The van der Waals surface area contributed by atoms with Crippen LogP contribution in [0.25, 0.3) is 0 Å². The van der Waals surface area contributed by atoms with Crippen molar-refractivity contribution in [3.8, 4) is 0 Å². The molecule has 4 nitrogen and oxygen atoms in total. The van der Waals surface area contributed by atoms with Crippen LogP contribution in [0.3, 0.4) is 0 Å². The van der Waals surface area contributed by atoms with Gasteiger partial charge in [0.05, 0.1) is 13.2 Å². The van der Waals surface area contributed by atoms with E-state index in [1.54, 1.807) is 12.1 Å². The highest BCUT2D eigenvalue weighted by molar-refractivity contribution is 7.72. The van der Waals surface area contributed by atoms with Crippen molar-refractivity contribution < 1.29 is 18.4 Å². The highest BCUT2D eigenvalue weighted by atomic mass is 31.2. The van der Waals surface area contributed by atoms with E-state index in [9.17, 15) is 9.36 Å². The molecule has 2 unspecified atom stereocenters. The van der Waals surface area contributed by atoms with Gasteiger partial charge in [0.15, 0.2) is 0 Å². The van der Waals surface area contributed by atoms with Gasteiger partial charge in [-0.2, -0.15) is 0 Å². The summed E-state index contributed by atoms with van der Waals surface area (Å²) in [6, 6.07) is 7.08. The number of carbonyl (C=O) groups excluding carboxylic acids is 1. The quantitative estimate of drug-likeness (QED) is 0.400. The van der Waals surface area contributed by atoms with Crippen molar-refractivity contribution in [2.24, 2.45) is 11.8 Å². The molecule has 0 heterocycles. The molecule has 0 saturated heterocycles. The first kappa shape index (κ1) is 20.3. The minimum absolute atomic E-state index is 0.287. The molecular formula is C22H29O4P. The van der Waals surface area contributed by atoms with Crippen molar-refractivity contribution in [1.29, 1.82) is 0 Å². The first-order valence-electron chi connectivity index (χ1n) is 9.87. The number of benzene rings is 1. The normalized spacial score (nSPS) is 24.5. The van der Waals surface area contributed by atoms with E-state index in [-0.39, 0.29) is 11.8 Å². The van der Waals surface area contributed by atoms with Crippen molar-refractivity contribution in [1.82, 2.24) is 0 Å². The van der Waals surface area contributed by atoms with Gasteiger partial charge in [0.25, 0.3) is 5.52 Å². The van der Waals surface area contributed by atoms with Crippen LogP contribution in [0.1, 0.15) is 54.4 Å². The minimum Gasteiger partial charge on any atom is -0.303 e. The molecule has 0 aromatic heterocycles. The topological polar surface area (TPSA) is 52.6 Å².